The number of aromatic nitrogens is 2. The molecule has 1 N–H and O–H groups in total. The van der Waals surface area contributed by atoms with E-state index in [4.69, 9.17) is 16.3 Å². The van der Waals surface area contributed by atoms with Crippen LogP contribution in [-0.4, -0.2) is 28.3 Å². The van der Waals surface area contributed by atoms with Gasteiger partial charge < -0.3 is 9.84 Å². The molecule has 0 radical (unpaired) electrons. The van der Waals surface area contributed by atoms with E-state index in [1.165, 1.54) is 6.20 Å². The molecular weight excluding hydrogens is 192 g/mol. The van der Waals surface area contributed by atoms with Crippen LogP contribution in [0, 0.1) is 0 Å². The van der Waals surface area contributed by atoms with Crippen LogP contribution in [0.1, 0.15) is 12.2 Å². The SMILES string of the molecule is OC1(c2nccc(Cl)n2)CCOC1. The maximum atomic E-state index is 9.98. The van der Waals surface area contributed by atoms with Gasteiger partial charge in [0.25, 0.3) is 0 Å². The molecule has 13 heavy (non-hydrogen) atoms. The van der Waals surface area contributed by atoms with Crippen LogP contribution in [0.15, 0.2) is 12.3 Å². The highest BCUT2D eigenvalue weighted by atomic mass is 35.5. The summed E-state index contributed by atoms with van der Waals surface area (Å²) in [6.07, 6.45) is 2.05. The van der Waals surface area contributed by atoms with Crippen molar-refractivity contribution in [1.29, 1.82) is 0 Å². The van der Waals surface area contributed by atoms with E-state index in [0.29, 0.717) is 24.0 Å². The summed E-state index contributed by atoms with van der Waals surface area (Å²) in [7, 11) is 0. The molecule has 1 fully saturated rings. The molecule has 0 aliphatic carbocycles. The molecule has 1 aromatic rings. The fraction of sp³-hybridized carbons (Fsp3) is 0.500. The Hall–Kier alpha value is -0.710. The van der Waals surface area contributed by atoms with Crippen LogP contribution in [0.4, 0.5) is 0 Å². The lowest BCUT2D eigenvalue weighted by Crippen LogP contribution is -2.28. The van der Waals surface area contributed by atoms with Gasteiger partial charge in [-0.05, 0) is 6.07 Å². The van der Waals surface area contributed by atoms with Crippen LogP contribution in [0.2, 0.25) is 5.15 Å². The predicted octanol–water partition coefficient (Wildman–Crippen LogP) is 0.738. The summed E-state index contributed by atoms with van der Waals surface area (Å²) < 4.78 is 5.08. The number of nitrogens with zero attached hydrogens (tertiary/aromatic N) is 2. The Morgan fingerprint density at radius 3 is 3.08 bits per heavy atom. The monoisotopic (exact) mass is 200 g/mol. The van der Waals surface area contributed by atoms with Gasteiger partial charge in [-0.25, -0.2) is 9.97 Å². The standard InChI is InChI=1S/C8H9ClN2O2/c9-6-1-3-10-7(11-6)8(12)2-4-13-5-8/h1,3,12H,2,4-5H2. The minimum absolute atomic E-state index is 0.243. The Labute approximate surface area is 80.5 Å². The average molecular weight is 201 g/mol. The van der Waals surface area contributed by atoms with Crippen LogP contribution in [0.3, 0.4) is 0 Å². The molecule has 2 heterocycles. The van der Waals surface area contributed by atoms with E-state index in [1.54, 1.807) is 6.07 Å². The fourth-order valence-corrected chi connectivity index (χ4v) is 1.43. The van der Waals surface area contributed by atoms with Gasteiger partial charge in [-0.2, -0.15) is 0 Å². The van der Waals surface area contributed by atoms with Crippen molar-refractivity contribution in [1.82, 2.24) is 9.97 Å². The summed E-state index contributed by atoms with van der Waals surface area (Å²) >= 11 is 5.68. The summed E-state index contributed by atoms with van der Waals surface area (Å²) in [4.78, 5) is 7.92. The largest absolute Gasteiger partial charge is 0.379 e. The van der Waals surface area contributed by atoms with Gasteiger partial charge in [-0.15, -0.1) is 0 Å². The molecule has 4 nitrogen and oxygen atoms in total. The van der Waals surface area contributed by atoms with Crippen molar-refractivity contribution < 1.29 is 9.84 Å². The summed E-state index contributed by atoms with van der Waals surface area (Å²) in [5, 5.41) is 10.3. The first-order valence-corrected chi connectivity index (χ1v) is 4.38. The molecule has 0 aromatic carbocycles. The highest BCUT2D eigenvalue weighted by Crippen LogP contribution is 2.27. The van der Waals surface area contributed by atoms with Crippen molar-refractivity contribution in [3.63, 3.8) is 0 Å². The zero-order valence-electron chi connectivity index (χ0n) is 6.90. The lowest BCUT2D eigenvalue weighted by molar-refractivity contribution is 0.0153. The molecule has 0 saturated carbocycles. The van der Waals surface area contributed by atoms with Crippen LogP contribution >= 0.6 is 11.6 Å². The van der Waals surface area contributed by atoms with E-state index < -0.39 is 5.60 Å². The molecule has 1 aromatic heterocycles. The zero-order chi connectivity index (χ0) is 9.31. The average Bonchev–Trinajstić information content (AvgIpc) is 2.54. The van der Waals surface area contributed by atoms with E-state index in [-0.39, 0.29) is 6.61 Å². The Kier molecular flexibility index (Phi) is 2.19. The normalized spacial score (nSPS) is 27.8. The Balaban J connectivity index is 2.33. The third-order valence-electron chi connectivity index (χ3n) is 2.04. The predicted molar refractivity (Wildman–Crippen MR) is 46.4 cm³/mol. The maximum absolute atomic E-state index is 9.98. The quantitative estimate of drug-likeness (QED) is 0.680. The number of halogens is 1. The molecule has 1 aliphatic rings. The highest BCUT2D eigenvalue weighted by molar-refractivity contribution is 6.29. The van der Waals surface area contributed by atoms with E-state index in [1.807, 2.05) is 0 Å². The first-order chi connectivity index (χ1) is 6.21. The van der Waals surface area contributed by atoms with Gasteiger partial charge in [0.1, 0.15) is 10.8 Å². The molecule has 1 unspecified atom stereocenters. The van der Waals surface area contributed by atoms with Crippen molar-refractivity contribution in [2.75, 3.05) is 13.2 Å². The van der Waals surface area contributed by atoms with Crippen molar-refractivity contribution in [2.24, 2.45) is 0 Å². The second-order valence-corrected chi connectivity index (χ2v) is 3.42. The van der Waals surface area contributed by atoms with Crippen molar-refractivity contribution >= 4 is 11.6 Å². The van der Waals surface area contributed by atoms with E-state index in [0.717, 1.165) is 0 Å². The van der Waals surface area contributed by atoms with Gasteiger partial charge in [0.05, 0.1) is 13.2 Å². The minimum Gasteiger partial charge on any atom is -0.379 e. The lowest BCUT2D eigenvalue weighted by atomic mass is 10.0. The highest BCUT2D eigenvalue weighted by Gasteiger charge is 2.37. The molecule has 70 valence electrons. The molecule has 5 heteroatoms. The van der Waals surface area contributed by atoms with Gasteiger partial charge in [0.15, 0.2) is 5.82 Å². The van der Waals surface area contributed by atoms with E-state index in [2.05, 4.69) is 9.97 Å². The number of hydrogen-bond donors (Lipinski definition) is 1. The second kappa shape index (κ2) is 3.21. The molecule has 0 spiro atoms. The Morgan fingerprint density at radius 2 is 2.46 bits per heavy atom. The van der Waals surface area contributed by atoms with Crippen molar-refractivity contribution in [2.45, 2.75) is 12.0 Å². The van der Waals surface area contributed by atoms with Crippen LogP contribution in [0.5, 0.6) is 0 Å². The third-order valence-corrected chi connectivity index (χ3v) is 2.25. The number of hydrogen-bond acceptors (Lipinski definition) is 4. The fourth-order valence-electron chi connectivity index (χ4n) is 1.29. The van der Waals surface area contributed by atoms with E-state index in [9.17, 15) is 5.11 Å². The van der Waals surface area contributed by atoms with Gasteiger partial charge in [0.2, 0.25) is 0 Å². The summed E-state index contributed by atoms with van der Waals surface area (Å²) in [5.41, 5.74) is -1.05. The smallest absolute Gasteiger partial charge is 0.164 e. The second-order valence-electron chi connectivity index (χ2n) is 3.04. The number of aliphatic hydroxyl groups is 1. The first kappa shape index (κ1) is 8.87. The zero-order valence-corrected chi connectivity index (χ0v) is 7.66. The third kappa shape index (κ3) is 1.65. The molecule has 0 amide bonds. The van der Waals surface area contributed by atoms with Crippen molar-refractivity contribution in [3.05, 3.63) is 23.2 Å². The Bertz CT molecular complexity index is 313. The molecule has 1 atom stereocenters. The van der Waals surface area contributed by atoms with Gasteiger partial charge in [-0.3, -0.25) is 0 Å². The summed E-state index contributed by atoms with van der Waals surface area (Å²) in [5.74, 6) is 0.345. The first-order valence-electron chi connectivity index (χ1n) is 4.00. The van der Waals surface area contributed by atoms with Crippen LogP contribution < -0.4 is 0 Å². The Morgan fingerprint density at radius 1 is 1.62 bits per heavy atom. The number of rotatable bonds is 1. The maximum Gasteiger partial charge on any atom is 0.164 e. The molecular formula is C8H9ClN2O2. The number of ether oxygens (including phenoxy) is 1. The molecule has 1 aliphatic heterocycles. The van der Waals surface area contributed by atoms with Gasteiger partial charge >= 0.3 is 0 Å². The van der Waals surface area contributed by atoms with Crippen LogP contribution in [0.25, 0.3) is 0 Å². The molecule has 2 rings (SSSR count). The summed E-state index contributed by atoms with van der Waals surface area (Å²) in [6.45, 7) is 0.777. The summed E-state index contributed by atoms with van der Waals surface area (Å²) in [6, 6.07) is 1.57. The topological polar surface area (TPSA) is 55.2 Å². The minimum atomic E-state index is -1.05. The molecule has 1 saturated heterocycles. The van der Waals surface area contributed by atoms with E-state index >= 15 is 0 Å². The van der Waals surface area contributed by atoms with Gasteiger partial charge in [-0.1, -0.05) is 11.6 Å². The van der Waals surface area contributed by atoms with Crippen molar-refractivity contribution in [3.8, 4) is 0 Å². The lowest BCUT2D eigenvalue weighted by Gasteiger charge is -2.17. The van der Waals surface area contributed by atoms with Crippen LogP contribution in [-0.2, 0) is 10.3 Å². The van der Waals surface area contributed by atoms with Gasteiger partial charge in [0, 0.05) is 12.6 Å². The molecule has 0 bridgehead atoms.